The summed E-state index contributed by atoms with van der Waals surface area (Å²) >= 11 is 0. The van der Waals surface area contributed by atoms with Gasteiger partial charge in [-0.25, -0.2) is 4.98 Å². The second-order valence-corrected chi connectivity index (χ2v) is 7.71. The number of piperazine rings is 1. The normalized spacial score (nSPS) is 18.0. The molecular formula is C22H26N4O. The first-order valence-corrected chi connectivity index (χ1v) is 10.1. The van der Waals surface area contributed by atoms with Gasteiger partial charge in [0, 0.05) is 43.7 Å². The highest BCUT2D eigenvalue weighted by atomic mass is 16.2. The molecule has 1 saturated carbocycles. The second-order valence-electron chi connectivity index (χ2n) is 7.71. The van der Waals surface area contributed by atoms with Crippen molar-refractivity contribution in [3.8, 4) is 6.07 Å². The average molecular weight is 362 g/mol. The molecule has 1 saturated heterocycles. The largest absolute Gasteiger partial charge is 0.367 e. The van der Waals surface area contributed by atoms with Crippen molar-refractivity contribution in [1.29, 1.82) is 5.26 Å². The average Bonchev–Trinajstić information content (AvgIpc) is 3.25. The minimum Gasteiger partial charge on any atom is -0.367 e. The zero-order valence-corrected chi connectivity index (χ0v) is 15.7. The molecule has 0 N–H and O–H groups in total. The minimum atomic E-state index is 0.304. The molecule has 2 aliphatic rings. The lowest BCUT2D eigenvalue weighted by molar-refractivity contribution is -0.131. The summed E-state index contributed by atoms with van der Waals surface area (Å²) in [4.78, 5) is 21.3. The first kappa shape index (κ1) is 17.8. The monoisotopic (exact) mass is 362 g/mol. The first-order valence-electron chi connectivity index (χ1n) is 10.1. The van der Waals surface area contributed by atoms with Gasteiger partial charge in [-0.1, -0.05) is 43.9 Å². The highest BCUT2D eigenvalue weighted by molar-refractivity contribution is 5.92. The lowest BCUT2D eigenvalue weighted by Gasteiger charge is -2.36. The van der Waals surface area contributed by atoms with Crippen molar-refractivity contribution >= 4 is 22.5 Å². The number of para-hydroxylation sites is 1. The fourth-order valence-corrected chi connectivity index (χ4v) is 4.46. The molecule has 0 radical (unpaired) electrons. The lowest BCUT2D eigenvalue weighted by atomic mass is 10.0. The van der Waals surface area contributed by atoms with E-state index in [0.717, 1.165) is 55.1 Å². The minimum absolute atomic E-state index is 0.304. The maximum atomic E-state index is 12.6. The molecule has 1 aliphatic heterocycles. The van der Waals surface area contributed by atoms with Crippen molar-refractivity contribution in [3.05, 3.63) is 36.0 Å². The van der Waals surface area contributed by atoms with E-state index < -0.39 is 0 Å². The molecule has 0 unspecified atom stereocenters. The first-order chi connectivity index (χ1) is 13.2. The SMILES string of the molecule is N#Cc1cc(N2CCN(C(=O)CCC3CCCC3)CC2)c2ccccc2n1. The Kier molecular flexibility index (Phi) is 5.24. The topological polar surface area (TPSA) is 60.2 Å². The fraction of sp³-hybridized carbons (Fsp3) is 0.500. The summed E-state index contributed by atoms with van der Waals surface area (Å²) in [6.07, 6.45) is 7.03. The maximum absolute atomic E-state index is 12.6. The molecule has 1 aliphatic carbocycles. The van der Waals surface area contributed by atoms with Gasteiger partial charge in [0.1, 0.15) is 11.8 Å². The molecule has 0 spiro atoms. The fourth-order valence-electron chi connectivity index (χ4n) is 4.46. The number of hydrogen-bond acceptors (Lipinski definition) is 4. The number of benzene rings is 1. The quantitative estimate of drug-likeness (QED) is 0.831. The van der Waals surface area contributed by atoms with Crippen LogP contribution in [0.15, 0.2) is 30.3 Å². The summed E-state index contributed by atoms with van der Waals surface area (Å²) in [5.74, 6) is 1.07. The number of carbonyl (C=O) groups is 1. The van der Waals surface area contributed by atoms with Crippen molar-refractivity contribution in [2.45, 2.75) is 38.5 Å². The number of nitriles is 1. The van der Waals surface area contributed by atoms with Gasteiger partial charge >= 0.3 is 0 Å². The molecule has 5 heteroatoms. The lowest BCUT2D eigenvalue weighted by Crippen LogP contribution is -2.48. The molecule has 27 heavy (non-hydrogen) atoms. The Morgan fingerprint density at radius 2 is 1.89 bits per heavy atom. The molecular weight excluding hydrogens is 336 g/mol. The van der Waals surface area contributed by atoms with Crippen molar-refractivity contribution < 1.29 is 4.79 Å². The highest BCUT2D eigenvalue weighted by Crippen LogP contribution is 2.30. The number of aromatic nitrogens is 1. The van der Waals surface area contributed by atoms with Crippen molar-refractivity contribution in [2.24, 2.45) is 5.92 Å². The summed E-state index contributed by atoms with van der Waals surface area (Å²) in [5, 5.41) is 10.4. The van der Waals surface area contributed by atoms with Crippen molar-refractivity contribution in [1.82, 2.24) is 9.88 Å². The Morgan fingerprint density at radius 3 is 2.63 bits per heavy atom. The number of nitrogens with zero attached hydrogens (tertiary/aromatic N) is 4. The number of rotatable bonds is 4. The molecule has 0 atom stereocenters. The van der Waals surface area contributed by atoms with Crippen LogP contribution in [-0.4, -0.2) is 42.0 Å². The number of anilines is 1. The van der Waals surface area contributed by atoms with Crippen molar-refractivity contribution in [2.75, 3.05) is 31.1 Å². The molecule has 4 rings (SSSR count). The van der Waals surface area contributed by atoms with Gasteiger partial charge in [-0.3, -0.25) is 4.79 Å². The van der Waals surface area contributed by atoms with E-state index in [1.165, 1.54) is 25.7 Å². The van der Waals surface area contributed by atoms with Gasteiger partial charge in [0.25, 0.3) is 0 Å². The van der Waals surface area contributed by atoms with Crippen LogP contribution in [0.2, 0.25) is 0 Å². The van der Waals surface area contributed by atoms with E-state index in [-0.39, 0.29) is 0 Å². The van der Waals surface area contributed by atoms with Gasteiger partial charge in [0.05, 0.1) is 5.52 Å². The van der Waals surface area contributed by atoms with Gasteiger partial charge in [-0.15, -0.1) is 0 Å². The van der Waals surface area contributed by atoms with Gasteiger partial charge in [-0.05, 0) is 24.5 Å². The molecule has 2 aromatic rings. The Morgan fingerprint density at radius 1 is 1.15 bits per heavy atom. The number of amides is 1. The molecule has 5 nitrogen and oxygen atoms in total. The van der Waals surface area contributed by atoms with Crippen LogP contribution < -0.4 is 4.90 Å². The van der Waals surface area contributed by atoms with Crippen LogP contribution >= 0.6 is 0 Å². The Hall–Kier alpha value is -2.61. The molecule has 1 amide bonds. The zero-order chi connectivity index (χ0) is 18.6. The zero-order valence-electron chi connectivity index (χ0n) is 15.7. The molecule has 2 fully saturated rings. The second kappa shape index (κ2) is 7.96. The van der Waals surface area contributed by atoms with Gasteiger partial charge < -0.3 is 9.80 Å². The predicted octanol–water partition coefficient (Wildman–Crippen LogP) is 3.73. The highest BCUT2D eigenvalue weighted by Gasteiger charge is 2.24. The van der Waals surface area contributed by atoms with Crippen LogP contribution in [0.25, 0.3) is 10.9 Å². The van der Waals surface area contributed by atoms with Crippen LogP contribution in [0.5, 0.6) is 0 Å². The summed E-state index contributed by atoms with van der Waals surface area (Å²) < 4.78 is 0. The molecule has 1 aromatic carbocycles. The van der Waals surface area contributed by atoms with E-state index >= 15 is 0 Å². The maximum Gasteiger partial charge on any atom is 0.222 e. The predicted molar refractivity (Wildman–Crippen MR) is 106 cm³/mol. The standard InChI is InChI=1S/C22H26N4O/c23-16-18-15-21(19-7-3-4-8-20(19)24-18)25-11-13-26(14-12-25)22(27)10-9-17-5-1-2-6-17/h3-4,7-8,15,17H,1-2,5-6,9-14H2. The number of hydrogen-bond donors (Lipinski definition) is 0. The van der Waals surface area contributed by atoms with Gasteiger partial charge in [0.15, 0.2) is 0 Å². The summed E-state index contributed by atoms with van der Waals surface area (Å²) in [5.41, 5.74) is 2.34. The van der Waals surface area contributed by atoms with Crippen LogP contribution in [-0.2, 0) is 4.79 Å². The molecule has 1 aromatic heterocycles. The number of carbonyl (C=O) groups excluding carboxylic acids is 1. The van der Waals surface area contributed by atoms with E-state index in [4.69, 9.17) is 0 Å². The van der Waals surface area contributed by atoms with Crippen LogP contribution in [0.1, 0.15) is 44.2 Å². The summed E-state index contributed by atoms with van der Waals surface area (Å²) in [7, 11) is 0. The Bertz CT molecular complexity index is 858. The molecule has 0 bridgehead atoms. The van der Waals surface area contributed by atoms with Gasteiger partial charge in [-0.2, -0.15) is 5.26 Å². The molecule has 140 valence electrons. The number of fused-ring (bicyclic) bond motifs is 1. The third-order valence-electron chi connectivity index (χ3n) is 6.02. The Labute approximate surface area is 160 Å². The molecule has 2 heterocycles. The van der Waals surface area contributed by atoms with Crippen molar-refractivity contribution in [3.63, 3.8) is 0 Å². The third-order valence-corrected chi connectivity index (χ3v) is 6.02. The van der Waals surface area contributed by atoms with Gasteiger partial charge in [0.2, 0.25) is 5.91 Å². The van der Waals surface area contributed by atoms with E-state index in [0.29, 0.717) is 18.0 Å². The van der Waals surface area contributed by atoms with Crippen LogP contribution in [0.4, 0.5) is 5.69 Å². The van der Waals surface area contributed by atoms with E-state index in [1.54, 1.807) is 0 Å². The van der Waals surface area contributed by atoms with E-state index in [9.17, 15) is 10.1 Å². The van der Waals surface area contributed by atoms with Crippen LogP contribution in [0.3, 0.4) is 0 Å². The van der Waals surface area contributed by atoms with E-state index in [1.807, 2.05) is 29.2 Å². The van der Waals surface area contributed by atoms with E-state index in [2.05, 4.69) is 22.0 Å². The third kappa shape index (κ3) is 3.90. The summed E-state index contributed by atoms with van der Waals surface area (Å²) in [6.45, 7) is 3.10. The smallest absolute Gasteiger partial charge is 0.222 e. The Balaban J connectivity index is 1.41. The van der Waals surface area contributed by atoms with Crippen LogP contribution in [0, 0.1) is 17.2 Å². The summed E-state index contributed by atoms with van der Waals surface area (Å²) in [6, 6.07) is 12.0. The number of pyridine rings is 1.